The van der Waals surface area contributed by atoms with Gasteiger partial charge in [-0.05, 0) is 6.92 Å². The number of carbonyl (C=O) groups is 1. The number of esters is 1. The van der Waals surface area contributed by atoms with E-state index in [2.05, 4.69) is 5.92 Å². The van der Waals surface area contributed by atoms with Crippen molar-refractivity contribution in [3.63, 3.8) is 0 Å². The predicted octanol–water partition coefficient (Wildman–Crippen LogP) is 0.715. The Bertz CT molecular complexity index is 178. The molecule has 0 radical (unpaired) electrons. The van der Waals surface area contributed by atoms with E-state index in [4.69, 9.17) is 11.2 Å². The Balaban J connectivity index is 2.68. The molecule has 1 atom stereocenters. The molecule has 0 N–H and O–H groups in total. The maximum absolute atomic E-state index is 10.5. The lowest BCUT2D eigenvalue weighted by molar-refractivity contribution is -0.143. The number of cyclic esters (lactones) is 1. The van der Waals surface area contributed by atoms with Crippen molar-refractivity contribution in [3.8, 4) is 12.3 Å². The summed E-state index contributed by atoms with van der Waals surface area (Å²) in [6, 6.07) is 0. The second kappa shape index (κ2) is 1.77. The number of terminal acetylenes is 1. The number of hydrogen-bond acceptors (Lipinski definition) is 2. The van der Waals surface area contributed by atoms with E-state index in [-0.39, 0.29) is 5.97 Å². The number of ether oxygens (including phenoxy) is 1. The lowest BCUT2D eigenvalue weighted by atomic mass is 10.1. The van der Waals surface area contributed by atoms with Gasteiger partial charge in [-0.15, -0.1) is 6.42 Å². The molecule has 1 fully saturated rings. The average Bonchev–Trinajstić information content (AvgIpc) is 2.13. The van der Waals surface area contributed by atoms with Gasteiger partial charge in [0.15, 0.2) is 5.60 Å². The molecule has 1 heterocycles. The van der Waals surface area contributed by atoms with E-state index in [9.17, 15) is 4.79 Å². The third-order valence-electron chi connectivity index (χ3n) is 1.45. The molecule has 0 spiro atoms. The van der Waals surface area contributed by atoms with Crippen LogP contribution in [0.3, 0.4) is 0 Å². The molecule has 1 aliphatic rings. The molecule has 2 heteroatoms. The lowest BCUT2D eigenvalue weighted by Crippen LogP contribution is -2.20. The SMILES string of the molecule is C#CC1(C)CCC(=O)O1. The maximum atomic E-state index is 10.5. The first-order valence-electron chi connectivity index (χ1n) is 2.86. The summed E-state index contributed by atoms with van der Waals surface area (Å²) in [6.07, 6.45) is 6.22. The summed E-state index contributed by atoms with van der Waals surface area (Å²) in [5, 5.41) is 0. The highest BCUT2D eigenvalue weighted by atomic mass is 16.6. The molecule has 0 aromatic heterocycles. The van der Waals surface area contributed by atoms with Crippen LogP contribution in [0.5, 0.6) is 0 Å². The van der Waals surface area contributed by atoms with Crippen LogP contribution in [0, 0.1) is 12.3 Å². The fraction of sp³-hybridized carbons (Fsp3) is 0.571. The Morgan fingerprint density at radius 1 is 1.89 bits per heavy atom. The van der Waals surface area contributed by atoms with Crippen molar-refractivity contribution in [1.82, 2.24) is 0 Å². The normalized spacial score (nSPS) is 33.6. The van der Waals surface area contributed by atoms with Crippen molar-refractivity contribution in [3.05, 3.63) is 0 Å². The molecule has 1 aliphatic heterocycles. The van der Waals surface area contributed by atoms with Crippen LogP contribution in [-0.2, 0) is 9.53 Å². The number of hydrogen-bond donors (Lipinski definition) is 0. The van der Waals surface area contributed by atoms with Crippen LogP contribution in [-0.4, -0.2) is 11.6 Å². The third kappa shape index (κ3) is 1.05. The largest absolute Gasteiger partial charge is 0.446 e. The van der Waals surface area contributed by atoms with Crippen LogP contribution < -0.4 is 0 Å². The zero-order chi connectivity index (χ0) is 6.91. The molecular weight excluding hydrogens is 116 g/mol. The van der Waals surface area contributed by atoms with E-state index in [0.717, 1.165) is 0 Å². The van der Waals surface area contributed by atoms with Crippen molar-refractivity contribution >= 4 is 5.97 Å². The summed E-state index contributed by atoms with van der Waals surface area (Å²) in [4.78, 5) is 10.5. The molecule has 9 heavy (non-hydrogen) atoms. The Labute approximate surface area is 54.2 Å². The maximum Gasteiger partial charge on any atom is 0.307 e. The number of rotatable bonds is 0. The van der Waals surface area contributed by atoms with Crippen LogP contribution in [0.4, 0.5) is 0 Å². The van der Waals surface area contributed by atoms with Gasteiger partial charge in [-0.3, -0.25) is 4.79 Å². The quantitative estimate of drug-likeness (QED) is 0.351. The van der Waals surface area contributed by atoms with Crippen molar-refractivity contribution in [2.75, 3.05) is 0 Å². The molecular formula is C7H8O2. The standard InChI is InChI=1S/C7H8O2/c1-3-7(2)5-4-6(8)9-7/h1H,4-5H2,2H3. The summed E-state index contributed by atoms with van der Waals surface area (Å²) in [5.41, 5.74) is -0.614. The Morgan fingerprint density at radius 2 is 2.56 bits per heavy atom. The molecule has 0 aromatic carbocycles. The molecule has 1 rings (SSSR count). The van der Waals surface area contributed by atoms with Gasteiger partial charge in [-0.25, -0.2) is 0 Å². The Kier molecular flexibility index (Phi) is 1.21. The predicted molar refractivity (Wildman–Crippen MR) is 32.6 cm³/mol. The molecule has 1 unspecified atom stereocenters. The van der Waals surface area contributed by atoms with E-state index in [1.165, 1.54) is 0 Å². The highest BCUT2D eigenvalue weighted by molar-refractivity contribution is 5.72. The van der Waals surface area contributed by atoms with Crippen molar-refractivity contribution in [2.45, 2.75) is 25.4 Å². The van der Waals surface area contributed by atoms with Crippen molar-refractivity contribution < 1.29 is 9.53 Å². The van der Waals surface area contributed by atoms with E-state index in [0.29, 0.717) is 12.8 Å². The Hall–Kier alpha value is -0.970. The second-order valence-corrected chi connectivity index (χ2v) is 2.35. The van der Waals surface area contributed by atoms with Gasteiger partial charge < -0.3 is 4.74 Å². The zero-order valence-corrected chi connectivity index (χ0v) is 5.31. The minimum Gasteiger partial charge on any atom is -0.446 e. The molecule has 0 saturated carbocycles. The molecule has 48 valence electrons. The number of carbonyl (C=O) groups excluding carboxylic acids is 1. The van der Waals surface area contributed by atoms with Gasteiger partial charge in [0.05, 0.1) is 6.42 Å². The first kappa shape index (κ1) is 6.15. The fourth-order valence-electron chi connectivity index (χ4n) is 0.796. The monoisotopic (exact) mass is 124 g/mol. The fourth-order valence-corrected chi connectivity index (χ4v) is 0.796. The van der Waals surface area contributed by atoms with Gasteiger partial charge in [0.2, 0.25) is 0 Å². The summed E-state index contributed by atoms with van der Waals surface area (Å²) in [5.74, 6) is 2.24. The highest BCUT2D eigenvalue weighted by Crippen LogP contribution is 2.24. The van der Waals surface area contributed by atoms with Gasteiger partial charge in [-0.1, -0.05) is 5.92 Å². The van der Waals surface area contributed by atoms with Gasteiger partial charge in [-0.2, -0.15) is 0 Å². The smallest absolute Gasteiger partial charge is 0.307 e. The average molecular weight is 124 g/mol. The summed E-state index contributed by atoms with van der Waals surface area (Å²) in [7, 11) is 0. The minimum absolute atomic E-state index is 0.185. The highest BCUT2D eigenvalue weighted by Gasteiger charge is 2.33. The molecule has 0 amide bonds. The van der Waals surface area contributed by atoms with E-state index in [1.54, 1.807) is 6.92 Å². The minimum atomic E-state index is -0.614. The molecule has 0 aromatic rings. The summed E-state index contributed by atoms with van der Waals surface area (Å²) in [6.45, 7) is 1.75. The summed E-state index contributed by atoms with van der Waals surface area (Å²) < 4.78 is 4.82. The van der Waals surface area contributed by atoms with Crippen LogP contribution in [0.15, 0.2) is 0 Å². The van der Waals surface area contributed by atoms with E-state index >= 15 is 0 Å². The molecule has 2 nitrogen and oxygen atoms in total. The van der Waals surface area contributed by atoms with Crippen LogP contribution in [0.1, 0.15) is 19.8 Å². The van der Waals surface area contributed by atoms with Crippen molar-refractivity contribution in [1.29, 1.82) is 0 Å². The van der Waals surface area contributed by atoms with E-state index in [1.807, 2.05) is 0 Å². The van der Waals surface area contributed by atoms with Crippen molar-refractivity contribution in [2.24, 2.45) is 0 Å². The Morgan fingerprint density at radius 3 is 2.78 bits per heavy atom. The van der Waals surface area contributed by atoms with Crippen LogP contribution >= 0.6 is 0 Å². The first-order chi connectivity index (χ1) is 4.16. The first-order valence-corrected chi connectivity index (χ1v) is 2.86. The second-order valence-electron chi connectivity index (χ2n) is 2.35. The molecule has 0 bridgehead atoms. The van der Waals surface area contributed by atoms with Crippen LogP contribution in [0.25, 0.3) is 0 Å². The van der Waals surface area contributed by atoms with E-state index < -0.39 is 5.60 Å². The topological polar surface area (TPSA) is 26.3 Å². The molecule has 1 saturated heterocycles. The van der Waals surface area contributed by atoms with Gasteiger partial charge in [0.25, 0.3) is 0 Å². The van der Waals surface area contributed by atoms with Gasteiger partial charge in [0, 0.05) is 6.42 Å². The summed E-state index contributed by atoms with van der Waals surface area (Å²) >= 11 is 0. The molecule has 0 aliphatic carbocycles. The van der Waals surface area contributed by atoms with Crippen LogP contribution in [0.2, 0.25) is 0 Å². The zero-order valence-electron chi connectivity index (χ0n) is 5.31. The van der Waals surface area contributed by atoms with Gasteiger partial charge in [0.1, 0.15) is 0 Å². The third-order valence-corrected chi connectivity index (χ3v) is 1.45. The van der Waals surface area contributed by atoms with Gasteiger partial charge >= 0.3 is 5.97 Å². The lowest BCUT2D eigenvalue weighted by Gasteiger charge is -2.12.